The summed E-state index contributed by atoms with van der Waals surface area (Å²) < 4.78 is 10.9. The van der Waals surface area contributed by atoms with Crippen molar-refractivity contribution in [3.63, 3.8) is 0 Å². The Kier molecular flexibility index (Phi) is 2.81. The van der Waals surface area contributed by atoms with E-state index in [0.717, 1.165) is 15.8 Å². The lowest BCUT2D eigenvalue weighted by molar-refractivity contribution is 0.177. The van der Waals surface area contributed by atoms with Gasteiger partial charge < -0.3 is 14.8 Å². The van der Waals surface area contributed by atoms with E-state index in [9.17, 15) is 4.79 Å². The predicted octanol–water partition coefficient (Wildman–Crippen LogP) is 2.24. The highest BCUT2D eigenvalue weighted by Gasteiger charge is 2.25. The Morgan fingerprint density at radius 3 is 3.00 bits per heavy atom. The van der Waals surface area contributed by atoms with Crippen LogP contribution in [0.4, 0.5) is 4.79 Å². The van der Waals surface area contributed by atoms with Crippen LogP contribution in [0.15, 0.2) is 22.7 Å². The van der Waals surface area contributed by atoms with Gasteiger partial charge in [-0.1, -0.05) is 15.9 Å². The Bertz CT molecular complexity index is 394. The maximum Gasteiger partial charge on any atom is 0.407 e. The summed E-state index contributed by atoms with van der Waals surface area (Å²) in [6.45, 7) is 0.352. The molecule has 80 valence electrons. The number of carbonyl (C=O) groups is 1. The van der Waals surface area contributed by atoms with Crippen LogP contribution in [0.1, 0.15) is 11.6 Å². The number of benzene rings is 1. The average molecular weight is 272 g/mol. The van der Waals surface area contributed by atoms with Crippen LogP contribution in [0, 0.1) is 0 Å². The van der Waals surface area contributed by atoms with Gasteiger partial charge in [-0.3, -0.25) is 0 Å². The van der Waals surface area contributed by atoms with Gasteiger partial charge in [0.15, 0.2) is 0 Å². The van der Waals surface area contributed by atoms with Crippen LogP contribution in [0.3, 0.4) is 0 Å². The van der Waals surface area contributed by atoms with E-state index >= 15 is 0 Å². The lowest BCUT2D eigenvalue weighted by atomic mass is 10.1. The molecule has 1 aliphatic rings. The van der Waals surface area contributed by atoms with Gasteiger partial charge in [0.1, 0.15) is 12.4 Å². The van der Waals surface area contributed by atoms with E-state index in [1.165, 1.54) is 0 Å². The quantitative estimate of drug-likeness (QED) is 0.898. The normalized spacial score (nSPS) is 19.6. The van der Waals surface area contributed by atoms with E-state index in [1.54, 1.807) is 7.11 Å². The molecule has 1 amide bonds. The Morgan fingerprint density at radius 2 is 2.40 bits per heavy atom. The standard InChI is InChI=1S/C10H10BrNO3/c1-14-6-2-3-8(11)7(4-6)9-5-15-10(13)12-9/h2-4,9H,5H2,1H3,(H,12,13). The highest BCUT2D eigenvalue weighted by molar-refractivity contribution is 9.10. The molecule has 1 fully saturated rings. The number of hydrogen-bond donors (Lipinski definition) is 1. The molecular weight excluding hydrogens is 262 g/mol. The lowest BCUT2D eigenvalue weighted by Crippen LogP contribution is -2.18. The van der Waals surface area contributed by atoms with E-state index in [-0.39, 0.29) is 12.1 Å². The van der Waals surface area contributed by atoms with Gasteiger partial charge in [-0.05, 0) is 23.8 Å². The molecule has 15 heavy (non-hydrogen) atoms. The minimum absolute atomic E-state index is 0.109. The largest absolute Gasteiger partial charge is 0.497 e. The maximum atomic E-state index is 10.9. The molecule has 5 heteroatoms. The number of alkyl carbamates (subject to hydrolysis) is 1. The number of hydrogen-bond acceptors (Lipinski definition) is 3. The van der Waals surface area contributed by atoms with Crippen molar-refractivity contribution in [3.05, 3.63) is 28.2 Å². The van der Waals surface area contributed by atoms with Crippen LogP contribution in [0.25, 0.3) is 0 Å². The summed E-state index contributed by atoms with van der Waals surface area (Å²) in [5.41, 5.74) is 0.959. The van der Waals surface area contributed by atoms with Gasteiger partial charge in [-0.25, -0.2) is 4.79 Å². The zero-order chi connectivity index (χ0) is 10.8. The zero-order valence-electron chi connectivity index (χ0n) is 8.12. The van der Waals surface area contributed by atoms with Crippen molar-refractivity contribution < 1.29 is 14.3 Å². The number of methoxy groups -OCH3 is 1. The molecule has 2 rings (SSSR count). The van der Waals surface area contributed by atoms with Crippen LogP contribution in [-0.4, -0.2) is 19.8 Å². The predicted molar refractivity (Wildman–Crippen MR) is 57.9 cm³/mol. The third kappa shape index (κ3) is 2.07. The number of rotatable bonds is 2. The minimum Gasteiger partial charge on any atom is -0.497 e. The fourth-order valence-corrected chi connectivity index (χ4v) is 1.99. The highest BCUT2D eigenvalue weighted by Crippen LogP contribution is 2.29. The van der Waals surface area contributed by atoms with Gasteiger partial charge in [0.2, 0.25) is 0 Å². The zero-order valence-corrected chi connectivity index (χ0v) is 9.71. The summed E-state index contributed by atoms with van der Waals surface area (Å²) >= 11 is 3.43. The van der Waals surface area contributed by atoms with Crippen molar-refractivity contribution in [3.8, 4) is 5.75 Å². The molecule has 1 aromatic rings. The van der Waals surface area contributed by atoms with Gasteiger partial charge in [0.05, 0.1) is 13.2 Å². The van der Waals surface area contributed by atoms with E-state index in [1.807, 2.05) is 18.2 Å². The van der Waals surface area contributed by atoms with Gasteiger partial charge in [-0.2, -0.15) is 0 Å². The molecule has 0 saturated carbocycles. The Hall–Kier alpha value is -1.23. The van der Waals surface area contributed by atoms with Crippen LogP contribution in [0.2, 0.25) is 0 Å². The number of amides is 1. The summed E-state index contributed by atoms with van der Waals surface area (Å²) in [6, 6.07) is 5.51. The maximum absolute atomic E-state index is 10.9. The SMILES string of the molecule is COc1ccc(Br)c(C2COC(=O)N2)c1. The Morgan fingerprint density at radius 1 is 1.60 bits per heavy atom. The summed E-state index contributed by atoms with van der Waals surface area (Å²) in [5.74, 6) is 0.759. The molecule has 1 N–H and O–H groups in total. The summed E-state index contributed by atoms with van der Waals surface area (Å²) in [5, 5.41) is 2.72. The molecule has 1 aromatic carbocycles. The van der Waals surface area contributed by atoms with Crippen LogP contribution in [0.5, 0.6) is 5.75 Å². The second-order valence-corrected chi connectivity index (χ2v) is 4.04. The first-order chi connectivity index (χ1) is 7.20. The van der Waals surface area contributed by atoms with Crippen molar-refractivity contribution in [2.45, 2.75) is 6.04 Å². The van der Waals surface area contributed by atoms with E-state index in [0.29, 0.717) is 6.61 Å². The Balaban J connectivity index is 2.30. The summed E-state index contributed by atoms with van der Waals surface area (Å²) in [4.78, 5) is 10.9. The van der Waals surface area contributed by atoms with Gasteiger partial charge in [-0.15, -0.1) is 0 Å². The molecule has 4 nitrogen and oxygen atoms in total. The first-order valence-electron chi connectivity index (χ1n) is 4.47. The molecule has 1 heterocycles. The number of cyclic esters (lactones) is 1. The van der Waals surface area contributed by atoms with Crippen LogP contribution >= 0.6 is 15.9 Å². The van der Waals surface area contributed by atoms with Gasteiger partial charge in [0, 0.05) is 4.47 Å². The van der Waals surface area contributed by atoms with Crippen LogP contribution < -0.4 is 10.1 Å². The first-order valence-corrected chi connectivity index (χ1v) is 5.26. The number of ether oxygens (including phenoxy) is 2. The number of halogens is 1. The molecule has 1 atom stereocenters. The lowest BCUT2D eigenvalue weighted by Gasteiger charge is -2.11. The minimum atomic E-state index is -0.380. The van der Waals surface area contributed by atoms with Crippen molar-refractivity contribution in [2.75, 3.05) is 13.7 Å². The molecule has 0 aromatic heterocycles. The fourth-order valence-electron chi connectivity index (χ4n) is 1.47. The smallest absolute Gasteiger partial charge is 0.407 e. The second kappa shape index (κ2) is 4.10. The van der Waals surface area contributed by atoms with Gasteiger partial charge >= 0.3 is 6.09 Å². The van der Waals surface area contributed by atoms with Crippen LogP contribution in [-0.2, 0) is 4.74 Å². The van der Waals surface area contributed by atoms with E-state index < -0.39 is 0 Å². The molecule has 1 unspecified atom stereocenters. The average Bonchev–Trinajstić information content (AvgIpc) is 2.65. The molecule has 1 aliphatic heterocycles. The highest BCUT2D eigenvalue weighted by atomic mass is 79.9. The first kappa shape index (κ1) is 10.3. The fraction of sp³-hybridized carbons (Fsp3) is 0.300. The number of nitrogens with one attached hydrogen (secondary N) is 1. The van der Waals surface area contributed by atoms with Crippen molar-refractivity contribution in [1.82, 2.24) is 5.32 Å². The summed E-state index contributed by atoms with van der Waals surface area (Å²) in [7, 11) is 1.61. The van der Waals surface area contributed by atoms with Crippen molar-refractivity contribution in [2.24, 2.45) is 0 Å². The van der Waals surface area contributed by atoms with E-state index in [2.05, 4.69) is 21.2 Å². The molecule has 0 bridgehead atoms. The van der Waals surface area contributed by atoms with E-state index in [4.69, 9.17) is 9.47 Å². The third-order valence-corrected chi connectivity index (χ3v) is 2.97. The second-order valence-electron chi connectivity index (χ2n) is 3.18. The molecular formula is C10H10BrNO3. The molecule has 0 aliphatic carbocycles. The monoisotopic (exact) mass is 271 g/mol. The summed E-state index contributed by atoms with van der Waals surface area (Å²) in [6.07, 6.45) is -0.380. The van der Waals surface area contributed by atoms with Crippen molar-refractivity contribution >= 4 is 22.0 Å². The Labute approximate surface area is 95.7 Å². The van der Waals surface area contributed by atoms with Crippen molar-refractivity contribution in [1.29, 1.82) is 0 Å². The molecule has 0 spiro atoms. The topological polar surface area (TPSA) is 47.6 Å². The third-order valence-electron chi connectivity index (χ3n) is 2.25. The van der Waals surface area contributed by atoms with Gasteiger partial charge in [0.25, 0.3) is 0 Å². The molecule has 0 radical (unpaired) electrons. The number of carbonyl (C=O) groups excluding carboxylic acids is 1. The molecule has 1 saturated heterocycles.